The number of benzene rings is 1. The Morgan fingerprint density at radius 1 is 1.20 bits per heavy atom. The van der Waals surface area contributed by atoms with Crippen LogP contribution in [0.5, 0.6) is 11.5 Å². The van der Waals surface area contributed by atoms with Crippen LogP contribution in [-0.2, 0) is 6.54 Å². The van der Waals surface area contributed by atoms with Crippen LogP contribution in [0.4, 0.5) is 5.82 Å². The highest BCUT2D eigenvalue weighted by Crippen LogP contribution is 2.35. The third kappa shape index (κ3) is 2.97. The fourth-order valence-corrected chi connectivity index (χ4v) is 3.09. The lowest BCUT2D eigenvalue weighted by Gasteiger charge is -2.26. The summed E-state index contributed by atoms with van der Waals surface area (Å²) in [6.07, 6.45) is 3.89. The minimum Gasteiger partial charge on any atom is -0.497 e. The van der Waals surface area contributed by atoms with Crippen LogP contribution in [0.3, 0.4) is 0 Å². The zero-order valence-corrected chi connectivity index (χ0v) is 14.6. The van der Waals surface area contributed by atoms with Crippen molar-refractivity contribution in [2.24, 2.45) is 0 Å². The lowest BCUT2D eigenvalue weighted by Crippen LogP contribution is -2.28. The van der Waals surface area contributed by atoms with Crippen molar-refractivity contribution in [2.45, 2.75) is 32.4 Å². The van der Waals surface area contributed by atoms with Crippen LogP contribution in [0.25, 0.3) is 5.78 Å². The highest BCUT2D eigenvalue weighted by molar-refractivity contribution is 5.51. The van der Waals surface area contributed by atoms with Gasteiger partial charge in [0.05, 0.1) is 14.2 Å². The van der Waals surface area contributed by atoms with Crippen LogP contribution in [0.15, 0.2) is 30.6 Å². The molecule has 1 aromatic carbocycles. The summed E-state index contributed by atoms with van der Waals surface area (Å²) < 4.78 is 12.7. The number of hydrogen-bond acceptors (Lipinski definition) is 6. The highest BCUT2D eigenvalue weighted by atomic mass is 16.5. The largest absolute Gasteiger partial charge is 0.497 e. The number of hydrogen-bond donors (Lipinski definition) is 0. The molecule has 0 saturated heterocycles. The van der Waals surface area contributed by atoms with Crippen LogP contribution >= 0.6 is 0 Å². The Labute approximate surface area is 146 Å². The van der Waals surface area contributed by atoms with Gasteiger partial charge in [0.1, 0.15) is 23.6 Å². The molecule has 1 fully saturated rings. The Hall–Kier alpha value is -2.83. The Kier molecular flexibility index (Phi) is 3.91. The van der Waals surface area contributed by atoms with Crippen LogP contribution in [0.2, 0.25) is 0 Å². The molecule has 25 heavy (non-hydrogen) atoms. The molecule has 1 aliphatic carbocycles. The number of methoxy groups -OCH3 is 2. The van der Waals surface area contributed by atoms with Gasteiger partial charge in [-0.1, -0.05) is 0 Å². The molecule has 7 nitrogen and oxygen atoms in total. The molecule has 4 rings (SSSR count). The van der Waals surface area contributed by atoms with Gasteiger partial charge in [0.25, 0.3) is 5.78 Å². The molecule has 1 aliphatic rings. The second-order valence-electron chi connectivity index (χ2n) is 6.26. The molecule has 0 radical (unpaired) electrons. The van der Waals surface area contributed by atoms with Gasteiger partial charge in [-0.25, -0.2) is 4.98 Å². The van der Waals surface area contributed by atoms with Gasteiger partial charge >= 0.3 is 0 Å². The molecular formula is C18H21N5O2. The zero-order valence-electron chi connectivity index (χ0n) is 14.6. The second kappa shape index (κ2) is 6.23. The smallest absolute Gasteiger partial charge is 0.254 e. The summed E-state index contributed by atoms with van der Waals surface area (Å²) in [5, 5.41) is 4.35. The van der Waals surface area contributed by atoms with E-state index in [1.807, 2.05) is 25.1 Å². The maximum absolute atomic E-state index is 5.55. The van der Waals surface area contributed by atoms with Crippen molar-refractivity contribution in [3.8, 4) is 11.5 Å². The molecule has 2 heterocycles. The average Bonchev–Trinajstić information content (AvgIpc) is 3.36. The molecule has 3 aromatic rings. The van der Waals surface area contributed by atoms with E-state index in [1.165, 1.54) is 12.8 Å². The van der Waals surface area contributed by atoms with Crippen LogP contribution in [0.1, 0.15) is 24.1 Å². The first kappa shape index (κ1) is 15.7. The van der Waals surface area contributed by atoms with Gasteiger partial charge in [-0.05, 0) is 38.0 Å². The summed E-state index contributed by atoms with van der Waals surface area (Å²) in [6.45, 7) is 2.69. The van der Waals surface area contributed by atoms with Gasteiger partial charge in [-0.2, -0.15) is 14.6 Å². The first-order valence-electron chi connectivity index (χ1n) is 8.34. The van der Waals surface area contributed by atoms with Crippen molar-refractivity contribution >= 4 is 11.6 Å². The lowest BCUT2D eigenvalue weighted by molar-refractivity contribution is 0.398. The van der Waals surface area contributed by atoms with Gasteiger partial charge in [-0.3, -0.25) is 0 Å². The number of fused-ring (bicyclic) bond motifs is 1. The molecule has 130 valence electrons. The Balaban J connectivity index is 1.77. The van der Waals surface area contributed by atoms with E-state index in [9.17, 15) is 0 Å². The minimum absolute atomic E-state index is 0.491. The summed E-state index contributed by atoms with van der Waals surface area (Å²) in [5.74, 6) is 3.31. The zero-order chi connectivity index (χ0) is 17.4. The van der Waals surface area contributed by atoms with E-state index < -0.39 is 0 Å². The molecule has 2 aromatic heterocycles. The van der Waals surface area contributed by atoms with Crippen LogP contribution in [-0.4, -0.2) is 39.8 Å². The number of rotatable bonds is 6. The van der Waals surface area contributed by atoms with Crippen molar-refractivity contribution in [1.82, 2.24) is 19.6 Å². The summed E-state index contributed by atoms with van der Waals surface area (Å²) >= 11 is 0. The van der Waals surface area contributed by atoms with Gasteiger partial charge in [-0.15, -0.1) is 0 Å². The van der Waals surface area contributed by atoms with Gasteiger partial charge in [0.15, 0.2) is 0 Å². The van der Waals surface area contributed by atoms with E-state index in [2.05, 4.69) is 26.0 Å². The van der Waals surface area contributed by atoms with E-state index >= 15 is 0 Å². The number of anilines is 1. The normalized spacial score (nSPS) is 13.9. The molecule has 7 heteroatoms. The maximum Gasteiger partial charge on any atom is 0.254 e. The second-order valence-corrected chi connectivity index (χ2v) is 6.26. The number of aryl methyl sites for hydroxylation is 1. The van der Waals surface area contributed by atoms with Crippen molar-refractivity contribution < 1.29 is 9.47 Å². The molecule has 0 bridgehead atoms. The lowest BCUT2D eigenvalue weighted by atomic mass is 10.1. The predicted octanol–water partition coefficient (Wildman–Crippen LogP) is 2.62. The van der Waals surface area contributed by atoms with E-state index in [0.717, 1.165) is 28.6 Å². The molecule has 0 amide bonds. The van der Waals surface area contributed by atoms with Crippen molar-refractivity contribution in [3.63, 3.8) is 0 Å². The number of aromatic nitrogens is 4. The first-order valence-corrected chi connectivity index (χ1v) is 8.34. The Bertz CT molecular complexity index is 904. The third-order valence-corrected chi connectivity index (χ3v) is 4.47. The SMILES string of the molecule is COc1ccc(OC)c(CN(c2cc(C)nc3ncnn23)C2CC2)c1. The van der Waals surface area contributed by atoms with Crippen molar-refractivity contribution in [1.29, 1.82) is 0 Å². The van der Waals surface area contributed by atoms with E-state index in [-0.39, 0.29) is 0 Å². The molecule has 0 atom stereocenters. The first-order chi connectivity index (χ1) is 12.2. The molecule has 0 unspecified atom stereocenters. The maximum atomic E-state index is 5.55. The molecule has 1 saturated carbocycles. The van der Waals surface area contributed by atoms with E-state index in [0.29, 0.717) is 18.4 Å². The third-order valence-electron chi connectivity index (χ3n) is 4.47. The predicted molar refractivity (Wildman–Crippen MR) is 94.3 cm³/mol. The van der Waals surface area contributed by atoms with Crippen LogP contribution in [0, 0.1) is 6.92 Å². The van der Waals surface area contributed by atoms with Gasteiger partial charge in [0.2, 0.25) is 0 Å². The average molecular weight is 339 g/mol. The summed E-state index contributed by atoms with van der Waals surface area (Å²) in [4.78, 5) is 11.0. The molecule has 0 spiro atoms. The number of ether oxygens (including phenoxy) is 2. The van der Waals surface area contributed by atoms with E-state index in [1.54, 1.807) is 25.1 Å². The molecule has 0 aliphatic heterocycles. The Morgan fingerprint density at radius 2 is 2.04 bits per heavy atom. The van der Waals surface area contributed by atoms with Gasteiger partial charge in [0, 0.05) is 29.9 Å². The summed E-state index contributed by atoms with van der Waals surface area (Å²) in [6, 6.07) is 8.44. The fourth-order valence-electron chi connectivity index (χ4n) is 3.09. The standard InChI is InChI=1S/C18H21N5O2/c1-12-8-17(23-18(21-12)19-11-20-23)22(14-4-5-14)10-13-9-15(24-2)6-7-16(13)25-3/h6-9,11,14H,4-5,10H2,1-3H3. The monoisotopic (exact) mass is 339 g/mol. The highest BCUT2D eigenvalue weighted by Gasteiger charge is 2.32. The quantitative estimate of drug-likeness (QED) is 0.688. The fraction of sp³-hybridized carbons (Fsp3) is 0.389. The van der Waals surface area contributed by atoms with Gasteiger partial charge < -0.3 is 14.4 Å². The topological polar surface area (TPSA) is 64.8 Å². The number of nitrogens with zero attached hydrogens (tertiary/aromatic N) is 5. The summed E-state index contributed by atoms with van der Waals surface area (Å²) in [7, 11) is 3.37. The van der Waals surface area contributed by atoms with Crippen molar-refractivity contribution in [3.05, 3.63) is 41.9 Å². The minimum atomic E-state index is 0.491. The Morgan fingerprint density at radius 3 is 2.76 bits per heavy atom. The molecular weight excluding hydrogens is 318 g/mol. The summed E-state index contributed by atoms with van der Waals surface area (Å²) in [5.41, 5.74) is 2.01. The van der Waals surface area contributed by atoms with Crippen LogP contribution < -0.4 is 14.4 Å². The van der Waals surface area contributed by atoms with Crippen molar-refractivity contribution in [2.75, 3.05) is 19.1 Å². The van der Waals surface area contributed by atoms with E-state index in [4.69, 9.17) is 9.47 Å². The molecule has 0 N–H and O–H groups in total.